The summed E-state index contributed by atoms with van der Waals surface area (Å²) in [5.41, 5.74) is 4.27. The van der Waals surface area contributed by atoms with E-state index in [1.165, 1.54) is 20.3 Å². The Labute approximate surface area is 180 Å². The first-order valence-corrected chi connectivity index (χ1v) is 9.66. The lowest BCUT2D eigenvalue weighted by atomic mass is 10.2. The lowest BCUT2D eigenvalue weighted by Gasteiger charge is -2.11. The monoisotopic (exact) mass is 423 g/mol. The highest BCUT2D eigenvalue weighted by Crippen LogP contribution is 2.26. The summed E-state index contributed by atoms with van der Waals surface area (Å²) in [4.78, 5) is 24.8. The van der Waals surface area contributed by atoms with E-state index in [1.807, 2.05) is 45.0 Å². The molecule has 0 atom stereocenters. The van der Waals surface area contributed by atoms with Crippen molar-refractivity contribution in [1.29, 1.82) is 0 Å². The Bertz CT molecular complexity index is 1100. The Morgan fingerprint density at radius 2 is 1.71 bits per heavy atom. The van der Waals surface area contributed by atoms with Crippen molar-refractivity contribution in [2.75, 3.05) is 26.1 Å². The number of aromatic nitrogens is 2. The zero-order valence-electron chi connectivity index (χ0n) is 18.2. The second-order valence-electron chi connectivity index (χ2n) is 6.98. The van der Waals surface area contributed by atoms with Crippen molar-refractivity contribution in [3.05, 3.63) is 65.0 Å². The van der Waals surface area contributed by atoms with Crippen LogP contribution in [0.25, 0.3) is 5.69 Å². The van der Waals surface area contributed by atoms with Crippen LogP contribution in [0.3, 0.4) is 0 Å². The molecule has 0 fully saturated rings. The number of carbonyl (C=O) groups is 2. The fourth-order valence-electron chi connectivity index (χ4n) is 3.11. The van der Waals surface area contributed by atoms with Gasteiger partial charge in [-0.25, -0.2) is 9.48 Å². The van der Waals surface area contributed by atoms with Crippen LogP contribution in [-0.4, -0.2) is 42.5 Å². The lowest BCUT2D eigenvalue weighted by molar-refractivity contribution is -0.119. The van der Waals surface area contributed by atoms with Crippen molar-refractivity contribution < 1.29 is 23.8 Å². The van der Waals surface area contributed by atoms with Crippen molar-refractivity contribution in [3.63, 3.8) is 0 Å². The quantitative estimate of drug-likeness (QED) is 0.584. The maximum Gasteiger partial charge on any atom is 0.342 e. The molecular weight excluding hydrogens is 398 g/mol. The number of methoxy groups -OCH3 is 2. The molecule has 2 aromatic carbocycles. The van der Waals surface area contributed by atoms with Crippen LogP contribution in [0.2, 0.25) is 0 Å². The molecule has 31 heavy (non-hydrogen) atoms. The predicted molar refractivity (Wildman–Crippen MR) is 116 cm³/mol. The van der Waals surface area contributed by atoms with Crippen molar-refractivity contribution in [1.82, 2.24) is 9.78 Å². The van der Waals surface area contributed by atoms with Crippen molar-refractivity contribution in [3.8, 4) is 17.2 Å². The molecule has 8 nitrogen and oxygen atoms in total. The summed E-state index contributed by atoms with van der Waals surface area (Å²) in [7, 11) is 2.96. The maximum atomic E-state index is 12.4. The molecule has 0 aliphatic rings. The SMILES string of the molecule is COc1ccc(C(=O)OCC(=O)Nc2c(C)nn(-c3ccc(C)cc3)c2C)c(OC)c1. The molecule has 1 amide bonds. The van der Waals surface area contributed by atoms with E-state index < -0.39 is 18.5 Å². The molecule has 3 aromatic rings. The van der Waals surface area contributed by atoms with E-state index in [2.05, 4.69) is 10.4 Å². The van der Waals surface area contributed by atoms with Gasteiger partial charge in [0, 0.05) is 6.07 Å². The zero-order chi connectivity index (χ0) is 22.5. The van der Waals surface area contributed by atoms with Gasteiger partial charge in [-0.15, -0.1) is 0 Å². The van der Waals surface area contributed by atoms with Crippen LogP contribution >= 0.6 is 0 Å². The molecule has 0 unspecified atom stereocenters. The Balaban J connectivity index is 1.68. The van der Waals surface area contributed by atoms with Gasteiger partial charge < -0.3 is 19.5 Å². The highest BCUT2D eigenvalue weighted by atomic mass is 16.5. The summed E-state index contributed by atoms with van der Waals surface area (Å²) in [5.74, 6) is -0.285. The van der Waals surface area contributed by atoms with Gasteiger partial charge in [0.05, 0.1) is 37.0 Å². The van der Waals surface area contributed by atoms with Crippen LogP contribution in [0.4, 0.5) is 5.69 Å². The third-order valence-corrected chi connectivity index (χ3v) is 4.80. The molecule has 0 aliphatic heterocycles. The number of anilines is 1. The standard InChI is InChI=1S/C23H25N3O5/c1-14-6-8-17(9-7-14)26-16(3)22(15(2)25-26)24-21(27)13-31-23(28)19-11-10-18(29-4)12-20(19)30-5/h6-12H,13H2,1-5H3,(H,24,27). The summed E-state index contributed by atoms with van der Waals surface area (Å²) in [6.45, 7) is 5.24. The average Bonchev–Trinajstić information content (AvgIpc) is 3.05. The molecule has 3 rings (SSSR count). The molecule has 162 valence electrons. The summed E-state index contributed by atoms with van der Waals surface area (Å²) < 4.78 is 17.2. The topological polar surface area (TPSA) is 91.7 Å². The Morgan fingerprint density at radius 1 is 1.00 bits per heavy atom. The van der Waals surface area contributed by atoms with Crippen molar-refractivity contribution >= 4 is 17.6 Å². The molecule has 1 N–H and O–H groups in total. The molecule has 0 saturated carbocycles. The summed E-state index contributed by atoms with van der Waals surface area (Å²) in [5, 5.41) is 7.29. The molecule has 0 saturated heterocycles. The highest BCUT2D eigenvalue weighted by Gasteiger charge is 2.19. The fraction of sp³-hybridized carbons (Fsp3) is 0.261. The molecule has 1 heterocycles. The van der Waals surface area contributed by atoms with Crippen molar-refractivity contribution in [2.45, 2.75) is 20.8 Å². The number of amides is 1. The van der Waals surface area contributed by atoms with Gasteiger partial charge >= 0.3 is 5.97 Å². The van der Waals surface area contributed by atoms with Crippen LogP contribution < -0.4 is 14.8 Å². The van der Waals surface area contributed by atoms with Crippen LogP contribution in [0, 0.1) is 20.8 Å². The summed E-state index contributed by atoms with van der Waals surface area (Å²) in [6, 6.07) is 12.6. The smallest absolute Gasteiger partial charge is 0.342 e. The number of nitrogens with one attached hydrogen (secondary N) is 1. The second-order valence-corrected chi connectivity index (χ2v) is 6.98. The van der Waals surface area contributed by atoms with Gasteiger partial charge in [-0.3, -0.25) is 4.79 Å². The molecule has 0 aliphatic carbocycles. The van der Waals surface area contributed by atoms with Crippen LogP contribution in [0.5, 0.6) is 11.5 Å². The molecular formula is C23H25N3O5. The van der Waals surface area contributed by atoms with E-state index in [0.717, 1.165) is 16.9 Å². The minimum Gasteiger partial charge on any atom is -0.497 e. The Morgan fingerprint density at radius 3 is 2.35 bits per heavy atom. The van der Waals surface area contributed by atoms with Crippen molar-refractivity contribution in [2.24, 2.45) is 0 Å². The van der Waals surface area contributed by atoms with Gasteiger partial charge in [0.2, 0.25) is 0 Å². The van der Waals surface area contributed by atoms with Gasteiger partial charge in [0.15, 0.2) is 6.61 Å². The number of hydrogen-bond donors (Lipinski definition) is 1. The van der Waals surface area contributed by atoms with Gasteiger partial charge in [-0.1, -0.05) is 17.7 Å². The normalized spacial score (nSPS) is 10.5. The van der Waals surface area contributed by atoms with E-state index in [1.54, 1.807) is 16.8 Å². The number of nitrogens with zero attached hydrogens (tertiary/aromatic N) is 2. The third-order valence-electron chi connectivity index (χ3n) is 4.80. The molecule has 0 spiro atoms. The number of benzene rings is 2. The number of carbonyl (C=O) groups excluding carboxylic acids is 2. The Hall–Kier alpha value is -3.81. The second kappa shape index (κ2) is 9.34. The van der Waals surface area contributed by atoms with E-state index in [4.69, 9.17) is 14.2 Å². The van der Waals surface area contributed by atoms with Crippen LogP contribution in [0.1, 0.15) is 27.3 Å². The van der Waals surface area contributed by atoms with E-state index in [9.17, 15) is 9.59 Å². The number of hydrogen-bond acceptors (Lipinski definition) is 6. The minimum absolute atomic E-state index is 0.204. The van der Waals surface area contributed by atoms with Gasteiger partial charge in [0.25, 0.3) is 5.91 Å². The van der Waals surface area contributed by atoms with E-state index in [0.29, 0.717) is 22.9 Å². The van der Waals surface area contributed by atoms with Gasteiger partial charge in [0.1, 0.15) is 17.1 Å². The third kappa shape index (κ3) is 4.85. The van der Waals surface area contributed by atoms with Gasteiger partial charge in [-0.05, 0) is 45.0 Å². The highest BCUT2D eigenvalue weighted by molar-refractivity contribution is 5.97. The van der Waals surface area contributed by atoms with E-state index in [-0.39, 0.29) is 5.56 Å². The molecule has 8 heteroatoms. The predicted octanol–water partition coefficient (Wildman–Crippen LogP) is 3.61. The number of rotatable bonds is 7. The summed E-state index contributed by atoms with van der Waals surface area (Å²) >= 11 is 0. The minimum atomic E-state index is -0.668. The lowest BCUT2D eigenvalue weighted by Crippen LogP contribution is -2.21. The first kappa shape index (κ1) is 21.9. The largest absolute Gasteiger partial charge is 0.497 e. The first-order chi connectivity index (χ1) is 14.8. The first-order valence-electron chi connectivity index (χ1n) is 9.66. The molecule has 1 aromatic heterocycles. The van der Waals surface area contributed by atoms with Crippen LogP contribution in [-0.2, 0) is 9.53 Å². The Kier molecular flexibility index (Phi) is 6.59. The fourth-order valence-corrected chi connectivity index (χ4v) is 3.11. The molecule has 0 bridgehead atoms. The molecule has 0 radical (unpaired) electrons. The number of aryl methyl sites for hydroxylation is 2. The summed E-state index contributed by atoms with van der Waals surface area (Å²) in [6.07, 6.45) is 0. The maximum absolute atomic E-state index is 12.4. The van der Waals surface area contributed by atoms with Crippen LogP contribution in [0.15, 0.2) is 42.5 Å². The zero-order valence-corrected chi connectivity index (χ0v) is 18.2. The number of esters is 1. The van der Waals surface area contributed by atoms with Gasteiger partial charge in [-0.2, -0.15) is 5.10 Å². The average molecular weight is 423 g/mol. The van der Waals surface area contributed by atoms with E-state index >= 15 is 0 Å². The number of ether oxygens (including phenoxy) is 3.